The average molecular weight is 250 g/mol. The molecule has 1 fully saturated rings. The van der Waals surface area contributed by atoms with Crippen LogP contribution >= 0.6 is 0 Å². The van der Waals surface area contributed by atoms with E-state index in [-0.39, 0.29) is 12.2 Å². The van der Waals surface area contributed by atoms with Crippen LogP contribution in [0.4, 0.5) is 11.5 Å². The number of ether oxygens (including phenoxy) is 1. The predicted molar refractivity (Wildman–Crippen MR) is 69.4 cm³/mol. The Labute approximate surface area is 106 Å². The van der Waals surface area contributed by atoms with Crippen molar-refractivity contribution in [2.75, 3.05) is 23.7 Å². The summed E-state index contributed by atoms with van der Waals surface area (Å²) in [5.74, 6) is -0.201. The van der Waals surface area contributed by atoms with Gasteiger partial charge in [0.05, 0.1) is 29.7 Å². The summed E-state index contributed by atoms with van der Waals surface area (Å²) in [6, 6.07) is 1.52. The third-order valence-electron chi connectivity index (χ3n) is 2.93. The monoisotopic (exact) mass is 250 g/mol. The molecule has 1 aromatic heterocycles. The number of anilines is 2. The summed E-state index contributed by atoms with van der Waals surface area (Å²) in [6.07, 6.45) is 1.80. The summed E-state index contributed by atoms with van der Waals surface area (Å²) in [6.45, 7) is 5.40. The van der Waals surface area contributed by atoms with Crippen LogP contribution in [0, 0.1) is 0 Å². The van der Waals surface area contributed by atoms with E-state index in [1.165, 1.54) is 6.07 Å². The molecule has 6 heteroatoms. The molecule has 2 atom stereocenters. The van der Waals surface area contributed by atoms with Gasteiger partial charge in [0.25, 0.3) is 5.91 Å². The lowest BCUT2D eigenvalue weighted by Gasteiger charge is -2.37. The van der Waals surface area contributed by atoms with Crippen LogP contribution in [-0.2, 0) is 4.74 Å². The van der Waals surface area contributed by atoms with E-state index in [0.717, 1.165) is 5.69 Å². The van der Waals surface area contributed by atoms with E-state index >= 15 is 0 Å². The maximum atomic E-state index is 11.5. The third-order valence-corrected chi connectivity index (χ3v) is 2.93. The van der Waals surface area contributed by atoms with Gasteiger partial charge in [-0.05, 0) is 19.9 Å². The van der Waals surface area contributed by atoms with Gasteiger partial charge in [-0.3, -0.25) is 4.79 Å². The van der Waals surface area contributed by atoms with Gasteiger partial charge in [-0.15, -0.1) is 0 Å². The molecule has 4 N–H and O–H groups in total. The fourth-order valence-corrected chi connectivity index (χ4v) is 2.29. The molecule has 1 aliphatic rings. The topological polar surface area (TPSA) is 94.5 Å². The average Bonchev–Trinajstić information content (AvgIpc) is 2.27. The number of nitrogens with two attached hydrogens (primary N) is 2. The Hall–Kier alpha value is -1.82. The van der Waals surface area contributed by atoms with E-state index < -0.39 is 5.91 Å². The van der Waals surface area contributed by atoms with Gasteiger partial charge >= 0.3 is 0 Å². The Morgan fingerprint density at radius 3 is 2.61 bits per heavy atom. The zero-order valence-corrected chi connectivity index (χ0v) is 10.6. The first-order chi connectivity index (χ1) is 8.47. The van der Waals surface area contributed by atoms with Crippen molar-refractivity contribution in [2.24, 2.45) is 5.73 Å². The van der Waals surface area contributed by atoms with Crippen molar-refractivity contribution in [2.45, 2.75) is 26.1 Å². The quantitative estimate of drug-likeness (QED) is 0.791. The summed E-state index contributed by atoms with van der Waals surface area (Å²) in [5, 5.41) is 0. The zero-order chi connectivity index (χ0) is 13.3. The van der Waals surface area contributed by atoms with Gasteiger partial charge in [-0.25, -0.2) is 4.98 Å². The summed E-state index contributed by atoms with van der Waals surface area (Å²) in [5.41, 5.74) is 12.1. The maximum absolute atomic E-state index is 11.5. The van der Waals surface area contributed by atoms with Gasteiger partial charge in [0.1, 0.15) is 5.82 Å². The number of carbonyl (C=O) groups excluding carboxylic acids is 1. The van der Waals surface area contributed by atoms with Crippen molar-refractivity contribution in [3.8, 4) is 0 Å². The maximum Gasteiger partial charge on any atom is 0.251 e. The lowest BCUT2D eigenvalue weighted by Crippen LogP contribution is -2.46. The van der Waals surface area contributed by atoms with Gasteiger partial charge in [0, 0.05) is 13.1 Å². The van der Waals surface area contributed by atoms with Crippen molar-refractivity contribution in [3.63, 3.8) is 0 Å². The van der Waals surface area contributed by atoms with Crippen molar-refractivity contribution < 1.29 is 9.53 Å². The minimum Gasteiger partial charge on any atom is -0.384 e. The number of hydrogen-bond donors (Lipinski definition) is 2. The highest BCUT2D eigenvalue weighted by Gasteiger charge is 2.25. The second-order valence-electron chi connectivity index (χ2n) is 4.65. The minimum absolute atomic E-state index is 0.104. The van der Waals surface area contributed by atoms with Crippen LogP contribution in [0.15, 0.2) is 12.3 Å². The van der Waals surface area contributed by atoms with Crippen molar-refractivity contribution in [3.05, 3.63) is 17.8 Å². The van der Waals surface area contributed by atoms with Gasteiger partial charge in [-0.2, -0.15) is 0 Å². The minimum atomic E-state index is -0.495. The lowest BCUT2D eigenvalue weighted by molar-refractivity contribution is -0.00528. The van der Waals surface area contributed by atoms with Gasteiger partial charge < -0.3 is 21.1 Å². The van der Waals surface area contributed by atoms with E-state index in [4.69, 9.17) is 16.2 Å². The fraction of sp³-hybridized carbons (Fsp3) is 0.500. The Bertz CT molecular complexity index is 453. The molecule has 6 nitrogen and oxygen atoms in total. The number of hydrogen-bond acceptors (Lipinski definition) is 5. The molecule has 2 rings (SSSR count). The molecule has 2 heterocycles. The van der Waals surface area contributed by atoms with Crippen molar-refractivity contribution >= 4 is 17.4 Å². The fourth-order valence-electron chi connectivity index (χ4n) is 2.29. The molecular formula is C12H18N4O2. The van der Waals surface area contributed by atoms with Crippen LogP contribution in [0.3, 0.4) is 0 Å². The van der Waals surface area contributed by atoms with E-state index in [1.54, 1.807) is 6.20 Å². The van der Waals surface area contributed by atoms with E-state index in [0.29, 0.717) is 24.5 Å². The van der Waals surface area contributed by atoms with Crippen LogP contribution in [0.1, 0.15) is 24.2 Å². The Balaban J connectivity index is 2.35. The number of amides is 1. The van der Waals surface area contributed by atoms with Gasteiger partial charge in [-0.1, -0.05) is 0 Å². The number of rotatable bonds is 2. The highest BCUT2D eigenvalue weighted by atomic mass is 16.5. The number of aromatic nitrogens is 1. The molecule has 1 aliphatic heterocycles. The Kier molecular flexibility index (Phi) is 3.38. The second-order valence-corrected chi connectivity index (χ2v) is 4.65. The predicted octanol–water partition coefficient (Wildman–Crippen LogP) is 0.376. The number of primary amides is 1. The first kappa shape index (κ1) is 12.6. The lowest BCUT2D eigenvalue weighted by atomic mass is 10.1. The normalized spacial score (nSPS) is 24.0. The van der Waals surface area contributed by atoms with E-state index in [1.807, 2.05) is 13.8 Å². The summed E-state index contributed by atoms with van der Waals surface area (Å²) in [4.78, 5) is 17.6. The highest BCUT2D eigenvalue weighted by molar-refractivity contribution is 5.99. The number of carbonyl (C=O) groups is 1. The van der Waals surface area contributed by atoms with E-state index in [2.05, 4.69) is 9.88 Å². The standard InChI is InChI=1S/C12H18N4O2/c1-7-5-16(6-8(2)18-7)10-4-15-11(13)3-9(10)12(14)17/h3-4,7-8H,5-6H2,1-2H3,(H2,13,15)(H2,14,17). The first-order valence-corrected chi connectivity index (χ1v) is 5.93. The highest BCUT2D eigenvalue weighted by Crippen LogP contribution is 2.24. The molecule has 1 saturated heterocycles. The van der Waals surface area contributed by atoms with Crippen molar-refractivity contribution in [1.82, 2.24) is 4.98 Å². The van der Waals surface area contributed by atoms with Crippen LogP contribution in [-0.4, -0.2) is 36.2 Å². The molecule has 1 amide bonds. The zero-order valence-electron chi connectivity index (χ0n) is 10.6. The molecule has 1 aromatic rings. The number of nitrogens with zero attached hydrogens (tertiary/aromatic N) is 2. The molecule has 0 spiro atoms. The van der Waals surface area contributed by atoms with Crippen LogP contribution in [0.25, 0.3) is 0 Å². The molecular weight excluding hydrogens is 232 g/mol. The van der Waals surface area contributed by atoms with Gasteiger partial charge in [0.2, 0.25) is 0 Å². The molecule has 0 saturated carbocycles. The molecule has 18 heavy (non-hydrogen) atoms. The third kappa shape index (κ3) is 2.53. The number of morpholine rings is 1. The van der Waals surface area contributed by atoms with Crippen LogP contribution in [0.2, 0.25) is 0 Å². The summed E-state index contributed by atoms with van der Waals surface area (Å²) < 4.78 is 5.66. The molecule has 98 valence electrons. The smallest absolute Gasteiger partial charge is 0.251 e. The molecule has 2 unspecified atom stereocenters. The molecule has 0 bridgehead atoms. The molecule has 0 aromatic carbocycles. The van der Waals surface area contributed by atoms with Gasteiger partial charge in [0.15, 0.2) is 0 Å². The Morgan fingerprint density at radius 2 is 2.06 bits per heavy atom. The number of nitrogen functional groups attached to an aromatic ring is 1. The summed E-state index contributed by atoms with van der Waals surface area (Å²) in [7, 11) is 0. The Morgan fingerprint density at radius 1 is 1.44 bits per heavy atom. The molecule has 0 radical (unpaired) electrons. The molecule has 0 aliphatic carbocycles. The largest absolute Gasteiger partial charge is 0.384 e. The van der Waals surface area contributed by atoms with Crippen LogP contribution < -0.4 is 16.4 Å². The van der Waals surface area contributed by atoms with E-state index in [9.17, 15) is 4.79 Å². The van der Waals surface area contributed by atoms with Crippen LogP contribution in [0.5, 0.6) is 0 Å². The number of pyridine rings is 1. The first-order valence-electron chi connectivity index (χ1n) is 5.93. The van der Waals surface area contributed by atoms with Crippen molar-refractivity contribution in [1.29, 1.82) is 0 Å². The summed E-state index contributed by atoms with van der Waals surface area (Å²) >= 11 is 0. The second kappa shape index (κ2) is 4.81. The SMILES string of the molecule is CC1CN(c2cnc(N)cc2C(N)=O)CC(C)O1.